The summed E-state index contributed by atoms with van der Waals surface area (Å²) in [6.07, 6.45) is 3.58. The first-order chi connectivity index (χ1) is 12.2. The molecule has 0 bridgehead atoms. The lowest BCUT2D eigenvalue weighted by Crippen LogP contribution is -2.33. The van der Waals surface area contributed by atoms with Crippen molar-refractivity contribution in [3.8, 4) is 0 Å². The van der Waals surface area contributed by atoms with Crippen molar-refractivity contribution in [3.63, 3.8) is 0 Å². The molecule has 1 aromatic heterocycles. The molecular formula is C21H20N2O2. The van der Waals surface area contributed by atoms with Gasteiger partial charge in [-0.05, 0) is 30.0 Å². The molecule has 126 valence electrons. The van der Waals surface area contributed by atoms with Crippen LogP contribution in [-0.4, -0.2) is 28.2 Å². The Hall–Kier alpha value is -2.88. The number of amides is 2. The third-order valence-electron chi connectivity index (χ3n) is 4.95. The summed E-state index contributed by atoms with van der Waals surface area (Å²) in [6, 6.07) is 18.0. The number of fused-ring (bicyclic) bond motifs is 1. The van der Waals surface area contributed by atoms with Crippen molar-refractivity contribution in [3.05, 3.63) is 71.9 Å². The zero-order valence-corrected chi connectivity index (χ0v) is 13.9. The maximum absolute atomic E-state index is 12.7. The van der Waals surface area contributed by atoms with Crippen LogP contribution in [0.4, 0.5) is 0 Å². The van der Waals surface area contributed by atoms with E-state index in [4.69, 9.17) is 0 Å². The van der Waals surface area contributed by atoms with Crippen molar-refractivity contribution in [2.24, 2.45) is 5.92 Å². The average molecular weight is 332 g/mol. The normalized spacial score (nSPS) is 17.6. The first-order valence-electron chi connectivity index (χ1n) is 8.65. The highest BCUT2D eigenvalue weighted by Crippen LogP contribution is 2.27. The summed E-state index contributed by atoms with van der Waals surface area (Å²) in [6.45, 7) is 0.464. The minimum atomic E-state index is -0.248. The van der Waals surface area contributed by atoms with Crippen molar-refractivity contribution >= 4 is 22.7 Å². The van der Waals surface area contributed by atoms with Crippen molar-refractivity contribution in [2.45, 2.75) is 19.3 Å². The van der Waals surface area contributed by atoms with E-state index in [0.29, 0.717) is 25.8 Å². The molecule has 0 aliphatic carbocycles. The predicted octanol–water partition coefficient (Wildman–Crippen LogP) is 3.33. The van der Waals surface area contributed by atoms with E-state index >= 15 is 0 Å². The molecule has 4 nitrogen and oxygen atoms in total. The molecule has 3 aromatic rings. The Labute approximate surface area is 146 Å². The zero-order valence-electron chi connectivity index (χ0n) is 13.9. The Balaban J connectivity index is 1.45. The van der Waals surface area contributed by atoms with E-state index in [9.17, 15) is 9.59 Å². The molecule has 1 saturated heterocycles. The summed E-state index contributed by atoms with van der Waals surface area (Å²) >= 11 is 0. The number of H-pyrrole nitrogens is 1. The number of carbonyl (C=O) groups is 2. The van der Waals surface area contributed by atoms with Crippen LogP contribution >= 0.6 is 0 Å². The molecule has 1 unspecified atom stereocenters. The van der Waals surface area contributed by atoms with Crippen LogP contribution in [0.2, 0.25) is 0 Å². The van der Waals surface area contributed by atoms with E-state index in [1.165, 1.54) is 4.90 Å². The van der Waals surface area contributed by atoms with Gasteiger partial charge in [0.05, 0.1) is 5.92 Å². The second-order valence-electron chi connectivity index (χ2n) is 6.58. The lowest BCUT2D eigenvalue weighted by atomic mass is 9.97. The highest BCUT2D eigenvalue weighted by atomic mass is 16.2. The van der Waals surface area contributed by atoms with Crippen molar-refractivity contribution in [1.82, 2.24) is 9.88 Å². The third-order valence-corrected chi connectivity index (χ3v) is 4.95. The van der Waals surface area contributed by atoms with Gasteiger partial charge in [0, 0.05) is 30.1 Å². The van der Waals surface area contributed by atoms with E-state index in [2.05, 4.69) is 11.1 Å². The topological polar surface area (TPSA) is 53.2 Å². The summed E-state index contributed by atoms with van der Waals surface area (Å²) in [5.74, 6) is -0.334. The van der Waals surface area contributed by atoms with Crippen molar-refractivity contribution < 1.29 is 9.59 Å². The van der Waals surface area contributed by atoms with Gasteiger partial charge >= 0.3 is 0 Å². The average Bonchev–Trinajstić information content (AvgIpc) is 3.16. The molecule has 2 heterocycles. The Bertz CT molecular complexity index is 914. The van der Waals surface area contributed by atoms with Gasteiger partial charge in [0.2, 0.25) is 11.8 Å². The SMILES string of the molecule is O=C1CC(Cc2c[nH]c3ccccc23)C(=O)N1CCc1ccccc1. The first-order valence-corrected chi connectivity index (χ1v) is 8.65. The molecular weight excluding hydrogens is 312 g/mol. The van der Waals surface area contributed by atoms with E-state index in [1.54, 1.807) is 0 Å². The number of benzene rings is 2. The number of likely N-dealkylation sites (tertiary alicyclic amines) is 1. The molecule has 2 aromatic carbocycles. The fourth-order valence-corrected chi connectivity index (χ4v) is 3.60. The maximum atomic E-state index is 12.7. The minimum Gasteiger partial charge on any atom is -0.361 e. The lowest BCUT2D eigenvalue weighted by molar-refractivity contribution is -0.139. The quantitative estimate of drug-likeness (QED) is 0.729. The van der Waals surface area contributed by atoms with Gasteiger partial charge in [-0.3, -0.25) is 14.5 Å². The van der Waals surface area contributed by atoms with Crippen molar-refractivity contribution in [1.29, 1.82) is 0 Å². The fourth-order valence-electron chi connectivity index (χ4n) is 3.60. The molecule has 1 aliphatic rings. The number of aromatic amines is 1. The van der Waals surface area contributed by atoms with Crippen LogP contribution in [-0.2, 0) is 22.4 Å². The Morgan fingerprint density at radius 2 is 1.76 bits per heavy atom. The number of nitrogens with one attached hydrogen (secondary N) is 1. The number of hydrogen-bond acceptors (Lipinski definition) is 2. The van der Waals surface area contributed by atoms with Gasteiger partial charge in [-0.15, -0.1) is 0 Å². The number of hydrogen-bond donors (Lipinski definition) is 1. The molecule has 4 rings (SSSR count). The monoisotopic (exact) mass is 332 g/mol. The van der Waals surface area contributed by atoms with Crippen LogP contribution in [0.15, 0.2) is 60.8 Å². The molecule has 0 saturated carbocycles. The molecule has 1 fully saturated rings. The van der Waals surface area contributed by atoms with Crippen LogP contribution in [0.3, 0.4) is 0 Å². The highest BCUT2D eigenvalue weighted by Gasteiger charge is 2.38. The smallest absolute Gasteiger partial charge is 0.233 e. The van der Waals surface area contributed by atoms with E-state index in [-0.39, 0.29) is 17.7 Å². The number of carbonyl (C=O) groups excluding carboxylic acids is 2. The summed E-state index contributed by atoms with van der Waals surface area (Å²) in [5.41, 5.74) is 3.31. The van der Waals surface area contributed by atoms with Gasteiger partial charge in [0.15, 0.2) is 0 Å². The third kappa shape index (κ3) is 3.07. The lowest BCUT2D eigenvalue weighted by Gasteiger charge is -2.15. The minimum absolute atomic E-state index is 0.0359. The summed E-state index contributed by atoms with van der Waals surface area (Å²) < 4.78 is 0. The number of imide groups is 1. The van der Waals surface area contributed by atoms with Gasteiger partial charge in [-0.25, -0.2) is 0 Å². The predicted molar refractivity (Wildman–Crippen MR) is 97.0 cm³/mol. The van der Waals surface area contributed by atoms with Gasteiger partial charge in [-0.1, -0.05) is 48.5 Å². The van der Waals surface area contributed by atoms with Gasteiger partial charge in [0.25, 0.3) is 0 Å². The van der Waals surface area contributed by atoms with Gasteiger partial charge in [0.1, 0.15) is 0 Å². The Morgan fingerprint density at radius 3 is 2.60 bits per heavy atom. The Kier molecular flexibility index (Phi) is 4.10. The molecule has 4 heteroatoms. The molecule has 0 spiro atoms. The molecule has 1 N–H and O–H groups in total. The zero-order chi connectivity index (χ0) is 17.2. The van der Waals surface area contributed by atoms with Crippen LogP contribution < -0.4 is 0 Å². The van der Waals surface area contributed by atoms with E-state index < -0.39 is 0 Å². The second kappa shape index (κ2) is 6.55. The highest BCUT2D eigenvalue weighted by molar-refractivity contribution is 6.03. The van der Waals surface area contributed by atoms with Gasteiger partial charge < -0.3 is 4.98 Å². The van der Waals surface area contributed by atoms with Crippen LogP contribution in [0.1, 0.15) is 17.5 Å². The van der Waals surface area contributed by atoms with Crippen LogP contribution in [0.25, 0.3) is 10.9 Å². The van der Waals surface area contributed by atoms with Crippen LogP contribution in [0.5, 0.6) is 0 Å². The molecule has 2 amide bonds. The number of aromatic nitrogens is 1. The van der Waals surface area contributed by atoms with E-state index in [0.717, 1.165) is 22.0 Å². The molecule has 1 atom stereocenters. The van der Waals surface area contributed by atoms with Crippen LogP contribution in [0, 0.1) is 5.92 Å². The molecule has 0 radical (unpaired) electrons. The Morgan fingerprint density at radius 1 is 1.00 bits per heavy atom. The van der Waals surface area contributed by atoms with E-state index in [1.807, 2.05) is 54.7 Å². The van der Waals surface area contributed by atoms with Crippen molar-refractivity contribution in [2.75, 3.05) is 6.54 Å². The fraction of sp³-hybridized carbons (Fsp3) is 0.238. The summed E-state index contributed by atoms with van der Waals surface area (Å²) in [4.78, 5) is 29.7. The second-order valence-corrected chi connectivity index (χ2v) is 6.58. The largest absolute Gasteiger partial charge is 0.361 e. The first kappa shape index (κ1) is 15.6. The summed E-state index contributed by atoms with van der Waals surface area (Å²) in [5, 5.41) is 1.13. The molecule has 25 heavy (non-hydrogen) atoms. The number of nitrogens with zero attached hydrogens (tertiary/aromatic N) is 1. The number of rotatable bonds is 5. The standard InChI is InChI=1S/C21H20N2O2/c24-20-13-16(12-17-14-22-19-9-5-4-8-18(17)19)21(25)23(20)11-10-15-6-2-1-3-7-15/h1-9,14,16,22H,10-13H2. The van der Waals surface area contributed by atoms with Gasteiger partial charge in [-0.2, -0.15) is 0 Å². The molecule has 1 aliphatic heterocycles. The summed E-state index contributed by atoms with van der Waals surface area (Å²) in [7, 11) is 0. The maximum Gasteiger partial charge on any atom is 0.233 e. The number of para-hydroxylation sites is 1.